The molecule has 1 aliphatic carbocycles. The molecule has 1 aliphatic rings. The summed E-state index contributed by atoms with van der Waals surface area (Å²) in [5, 5.41) is 7.14. The molecular formula is C9H15N5O. The fourth-order valence-corrected chi connectivity index (χ4v) is 1.44. The van der Waals surface area contributed by atoms with Crippen molar-refractivity contribution in [2.24, 2.45) is 5.73 Å². The molecule has 0 aliphatic heterocycles. The van der Waals surface area contributed by atoms with E-state index in [4.69, 9.17) is 5.73 Å². The Morgan fingerprint density at radius 3 is 3.07 bits per heavy atom. The Morgan fingerprint density at radius 2 is 2.53 bits per heavy atom. The zero-order valence-corrected chi connectivity index (χ0v) is 8.68. The van der Waals surface area contributed by atoms with Gasteiger partial charge >= 0.3 is 0 Å². The summed E-state index contributed by atoms with van der Waals surface area (Å²) in [5.41, 5.74) is 5.21. The molecule has 6 nitrogen and oxygen atoms in total. The second-order valence-corrected chi connectivity index (χ2v) is 3.84. The second kappa shape index (κ2) is 3.98. The molecule has 0 aromatic carbocycles. The fraction of sp³-hybridized carbons (Fsp3) is 0.667. The molecule has 2 rings (SSSR count). The number of carbonyl (C=O) groups is 1. The van der Waals surface area contributed by atoms with E-state index in [-0.39, 0.29) is 5.91 Å². The highest BCUT2D eigenvalue weighted by molar-refractivity contribution is 5.79. The van der Waals surface area contributed by atoms with Crippen LogP contribution in [0.2, 0.25) is 0 Å². The highest BCUT2D eigenvalue weighted by Crippen LogP contribution is 2.37. The minimum Gasteiger partial charge on any atom is -0.368 e. The molecule has 0 spiro atoms. The third-order valence-corrected chi connectivity index (χ3v) is 2.56. The molecule has 1 saturated carbocycles. The van der Waals surface area contributed by atoms with E-state index in [1.54, 1.807) is 18.1 Å². The van der Waals surface area contributed by atoms with E-state index in [0.717, 1.165) is 5.82 Å². The van der Waals surface area contributed by atoms with Crippen molar-refractivity contribution in [1.29, 1.82) is 0 Å². The second-order valence-electron chi connectivity index (χ2n) is 3.84. The van der Waals surface area contributed by atoms with Crippen LogP contribution in [0.15, 0.2) is 6.33 Å². The van der Waals surface area contributed by atoms with Crippen LogP contribution in [-0.4, -0.2) is 33.8 Å². The fourth-order valence-electron chi connectivity index (χ4n) is 1.44. The monoisotopic (exact) mass is 209 g/mol. The van der Waals surface area contributed by atoms with Crippen LogP contribution in [0.4, 0.5) is 0 Å². The Kier molecular flexibility index (Phi) is 2.68. The molecule has 1 fully saturated rings. The van der Waals surface area contributed by atoms with Gasteiger partial charge in [-0.15, -0.1) is 0 Å². The van der Waals surface area contributed by atoms with Gasteiger partial charge in [0.2, 0.25) is 5.91 Å². The smallest absolute Gasteiger partial charge is 0.236 e. The number of nitrogens with one attached hydrogen (secondary N) is 1. The molecule has 3 N–H and O–H groups in total. The van der Waals surface area contributed by atoms with Gasteiger partial charge in [-0.2, -0.15) is 5.10 Å². The molecule has 15 heavy (non-hydrogen) atoms. The molecular weight excluding hydrogens is 194 g/mol. The van der Waals surface area contributed by atoms with Gasteiger partial charge in [0.1, 0.15) is 12.4 Å². The predicted molar refractivity (Wildman–Crippen MR) is 54.0 cm³/mol. The summed E-state index contributed by atoms with van der Waals surface area (Å²) in [6.45, 7) is 0.436. The summed E-state index contributed by atoms with van der Waals surface area (Å²) in [5.74, 6) is 1.04. The lowest BCUT2D eigenvalue weighted by Gasteiger charge is -2.10. The average Bonchev–Trinajstić information content (AvgIpc) is 2.95. The highest BCUT2D eigenvalue weighted by Gasteiger charge is 2.27. The minimum absolute atomic E-state index is 0.374. The van der Waals surface area contributed by atoms with Crippen molar-refractivity contribution in [3.8, 4) is 0 Å². The first-order valence-electron chi connectivity index (χ1n) is 5.06. The molecule has 1 aromatic heterocycles. The molecule has 0 bridgehead atoms. The van der Waals surface area contributed by atoms with E-state index in [1.165, 1.54) is 12.8 Å². The van der Waals surface area contributed by atoms with Crippen molar-refractivity contribution >= 4 is 5.91 Å². The van der Waals surface area contributed by atoms with Gasteiger partial charge in [0.25, 0.3) is 0 Å². The Balaban J connectivity index is 1.99. The summed E-state index contributed by atoms with van der Waals surface area (Å²) in [7, 11) is 1.70. The van der Waals surface area contributed by atoms with Crippen LogP contribution in [-0.2, 0) is 11.3 Å². The molecule has 1 unspecified atom stereocenters. The van der Waals surface area contributed by atoms with E-state index in [9.17, 15) is 4.79 Å². The number of carbonyl (C=O) groups excluding carboxylic acids is 1. The van der Waals surface area contributed by atoms with Gasteiger partial charge in [0.15, 0.2) is 5.82 Å². The maximum Gasteiger partial charge on any atom is 0.236 e. The third-order valence-electron chi connectivity index (χ3n) is 2.56. The maximum atomic E-state index is 11.0. The van der Waals surface area contributed by atoms with Gasteiger partial charge in [0, 0.05) is 5.92 Å². The lowest BCUT2D eigenvalue weighted by atomic mass is 10.3. The first-order valence-corrected chi connectivity index (χ1v) is 5.06. The topological polar surface area (TPSA) is 85.8 Å². The summed E-state index contributed by atoms with van der Waals surface area (Å²) >= 11 is 0. The van der Waals surface area contributed by atoms with E-state index in [1.807, 2.05) is 0 Å². The zero-order valence-electron chi connectivity index (χ0n) is 8.68. The molecule has 1 aromatic rings. The number of nitrogens with zero attached hydrogens (tertiary/aromatic N) is 3. The van der Waals surface area contributed by atoms with Crippen molar-refractivity contribution in [2.75, 3.05) is 7.05 Å². The van der Waals surface area contributed by atoms with Crippen LogP contribution < -0.4 is 11.1 Å². The highest BCUT2D eigenvalue weighted by atomic mass is 16.1. The minimum atomic E-state index is -0.390. The van der Waals surface area contributed by atoms with Crippen LogP contribution in [0, 0.1) is 0 Å². The first-order chi connectivity index (χ1) is 7.20. The Morgan fingerprint density at radius 1 is 1.80 bits per heavy atom. The quantitative estimate of drug-likeness (QED) is 0.666. The van der Waals surface area contributed by atoms with Gasteiger partial charge in [-0.3, -0.25) is 9.48 Å². The van der Waals surface area contributed by atoms with Crippen molar-refractivity contribution in [2.45, 2.75) is 31.3 Å². The van der Waals surface area contributed by atoms with Crippen molar-refractivity contribution in [3.05, 3.63) is 12.2 Å². The van der Waals surface area contributed by atoms with Crippen LogP contribution in [0.25, 0.3) is 0 Å². The van der Waals surface area contributed by atoms with Gasteiger partial charge in [-0.1, -0.05) is 0 Å². The lowest BCUT2D eigenvalue weighted by molar-refractivity contribution is -0.120. The number of hydrogen-bond acceptors (Lipinski definition) is 4. The van der Waals surface area contributed by atoms with Gasteiger partial charge < -0.3 is 11.1 Å². The largest absolute Gasteiger partial charge is 0.368 e. The van der Waals surface area contributed by atoms with Crippen LogP contribution in [0.3, 0.4) is 0 Å². The lowest BCUT2D eigenvalue weighted by Crippen LogP contribution is -2.42. The number of rotatable bonds is 5. The zero-order chi connectivity index (χ0) is 10.8. The van der Waals surface area contributed by atoms with Crippen LogP contribution in [0.5, 0.6) is 0 Å². The van der Waals surface area contributed by atoms with Gasteiger partial charge in [-0.25, -0.2) is 4.98 Å². The standard InChI is InChI=1S/C9H15N5O/c1-11-7(8(10)15)4-14-5-12-9(13-14)6-2-3-6/h5-7,11H,2-4H2,1H3,(H2,10,15). The summed E-state index contributed by atoms with van der Waals surface area (Å²) in [4.78, 5) is 15.2. The molecule has 1 heterocycles. The number of aromatic nitrogens is 3. The summed E-state index contributed by atoms with van der Waals surface area (Å²) < 4.78 is 1.67. The number of likely N-dealkylation sites (N-methyl/N-ethyl adjacent to an activating group) is 1. The first kappa shape index (κ1) is 10.1. The van der Waals surface area contributed by atoms with E-state index >= 15 is 0 Å². The van der Waals surface area contributed by atoms with Crippen molar-refractivity contribution < 1.29 is 4.79 Å². The van der Waals surface area contributed by atoms with Crippen LogP contribution in [0.1, 0.15) is 24.6 Å². The number of primary amides is 1. The molecule has 0 saturated heterocycles. The summed E-state index contributed by atoms with van der Waals surface area (Å²) in [6.07, 6.45) is 4.01. The molecule has 6 heteroatoms. The average molecular weight is 209 g/mol. The number of amides is 1. The van der Waals surface area contributed by atoms with E-state index in [0.29, 0.717) is 12.5 Å². The van der Waals surface area contributed by atoms with E-state index in [2.05, 4.69) is 15.4 Å². The van der Waals surface area contributed by atoms with E-state index < -0.39 is 6.04 Å². The molecule has 82 valence electrons. The predicted octanol–water partition coefficient (Wildman–Crippen LogP) is -0.771. The van der Waals surface area contributed by atoms with Crippen LogP contribution >= 0.6 is 0 Å². The molecule has 1 atom stereocenters. The van der Waals surface area contributed by atoms with Gasteiger partial charge in [0.05, 0.1) is 6.54 Å². The normalized spacial score (nSPS) is 17.7. The van der Waals surface area contributed by atoms with Crippen molar-refractivity contribution in [1.82, 2.24) is 20.1 Å². The SMILES string of the molecule is CNC(Cn1cnc(C2CC2)n1)C(N)=O. The Labute approximate surface area is 87.9 Å². The summed E-state index contributed by atoms with van der Waals surface area (Å²) in [6, 6.07) is -0.390. The van der Waals surface area contributed by atoms with Crippen molar-refractivity contribution in [3.63, 3.8) is 0 Å². The number of hydrogen-bond donors (Lipinski definition) is 2. The Bertz CT molecular complexity index is 357. The molecule has 0 radical (unpaired) electrons. The number of nitrogens with two attached hydrogens (primary N) is 1. The maximum absolute atomic E-state index is 11.0. The Hall–Kier alpha value is -1.43. The third kappa shape index (κ3) is 2.33. The van der Waals surface area contributed by atoms with Gasteiger partial charge in [-0.05, 0) is 19.9 Å². The molecule has 1 amide bonds.